The third-order valence-corrected chi connectivity index (χ3v) is 5.03. The van der Waals surface area contributed by atoms with Gasteiger partial charge in [0.2, 0.25) is 0 Å². The molecule has 0 amide bonds. The van der Waals surface area contributed by atoms with Crippen LogP contribution in [0.25, 0.3) is 11.3 Å². The number of benzene rings is 1. The minimum atomic E-state index is -0.209. The molecule has 8 nitrogen and oxygen atoms in total. The number of Topliss-reactive ketones (excluding diaryl/α,β-unsaturated/α-hetero) is 1. The number of aromatic nitrogens is 3. The number of ether oxygens (including phenoxy) is 2. The lowest BCUT2D eigenvalue weighted by Gasteiger charge is -2.30. The Morgan fingerprint density at radius 1 is 1.20 bits per heavy atom. The van der Waals surface area contributed by atoms with Gasteiger partial charge in [-0.1, -0.05) is 12.1 Å². The number of pyridine rings is 1. The summed E-state index contributed by atoms with van der Waals surface area (Å²) < 4.78 is 10.8. The second-order valence-electron chi connectivity index (χ2n) is 6.89. The molecule has 154 valence electrons. The van der Waals surface area contributed by atoms with Crippen molar-refractivity contribution in [1.82, 2.24) is 15.0 Å². The van der Waals surface area contributed by atoms with E-state index < -0.39 is 0 Å². The molecule has 1 fully saturated rings. The number of rotatable bonds is 6. The largest absolute Gasteiger partial charge is 0.496 e. The molecule has 8 heteroatoms. The fraction of sp³-hybridized carbons (Fsp3) is 0.273. The smallest absolute Gasteiger partial charge is 0.189 e. The van der Waals surface area contributed by atoms with Gasteiger partial charge in [0.1, 0.15) is 11.4 Å². The van der Waals surface area contributed by atoms with E-state index in [9.17, 15) is 4.79 Å². The average Bonchev–Trinajstić information content (AvgIpc) is 2.80. The van der Waals surface area contributed by atoms with E-state index in [2.05, 4.69) is 19.9 Å². The van der Waals surface area contributed by atoms with Gasteiger partial charge in [0, 0.05) is 48.7 Å². The predicted octanol–water partition coefficient (Wildman–Crippen LogP) is 2.39. The van der Waals surface area contributed by atoms with E-state index in [1.807, 2.05) is 30.3 Å². The lowest BCUT2D eigenvalue weighted by atomic mass is 10.1. The van der Waals surface area contributed by atoms with Gasteiger partial charge in [0.15, 0.2) is 11.6 Å². The highest BCUT2D eigenvalue weighted by molar-refractivity contribution is 6.00. The summed E-state index contributed by atoms with van der Waals surface area (Å²) in [6, 6.07) is 9.37. The van der Waals surface area contributed by atoms with Crippen LogP contribution in [0.3, 0.4) is 0 Å². The maximum absolute atomic E-state index is 13.1. The summed E-state index contributed by atoms with van der Waals surface area (Å²) >= 11 is 0. The van der Waals surface area contributed by atoms with Crippen LogP contribution in [-0.4, -0.2) is 54.1 Å². The Bertz CT molecular complexity index is 1050. The molecular weight excluding hydrogens is 382 g/mol. The fourth-order valence-corrected chi connectivity index (χ4v) is 3.52. The Kier molecular flexibility index (Phi) is 5.85. The molecule has 0 spiro atoms. The van der Waals surface area contributed by atoms with Crippen molar-refractivity contribution in [1.29, 1.82) is 0 Å². The number of morpholine rings is 1. The second kappa shape index (κ2) is 8.87. The van der Waals surface area contributed by atoms with Crippen LogP contribution in [-0.2, 0) is 11.2 Å². The lowest BCUT2D eigenvalue weighted by molar-refractivity contribution is 0.0988. The molecule has 1 aliphatic heterocycles. The monoisotopic (exact) mass is 405 g/mol. The molecule has 2 aromatic heterocycles. The average molecular weight is 405 g/mol. The van der Waals surface area contributed by atoms with Gasteiger partial charge in [-0.15, -0.1) is 0 Å². The van der Waals surface area contributed by atoms with E-state index in [1.54, 1.807) is 25.7 Å². The Morgan fingerprint density at radius 2 is 2.00 bits per heavy atom. The van der Waals surface area contributed by atoms with Crippen molar-refractivity contribution in [3.63, 3.8) is 0 Å². The van der Waals surface area contributed by atoms with Crippen molar-refractivity contribution in [2.24, 2.45) is 0 Å². The van der Waals surface area contributed by atoms with Gasteiger partial charge in [0.25, 0.3) is 0 Å². The van der Waals surface area contributed by atoms with Gasteiger partial charge < -0.3 is 20.1 Å². The second-order valence-corrected chi connectivity index (χ2v) is 6.89. The molecule has 30 heavy (non-hydrogen) atoms. The van der Waals surface area contributed by atoms with Crippen molar-refractivity contribution < 1.29 is 14.3 Å². The van der Waals surface area contributed by atoms with Crippen molar-refractivity contribution >= 4 is 17.3 Å². The number of carbonyl (C=O) groups excluding carboxylic acids is 1. The summed E-state index contributed by atoms with van der Waals surface area (Å²) in [6.45, 7) is 2.87. The summed E-state index contributed by atoms with van der Waals surface area (Å²) in [5.41, 5.74) is 9.24. The van der Waals surface area contributed by atoms with Crippen molar-refractivity contribution in [2.75, 3.05) is 44.0 Å². The number of nitrogens with zero attached hydrogens (tertiary/aromatic N) is 4. The standard InChI is InChI=1S/C22H23N5O3/c1-29-20-5-3-2-4-16(20)17-14-25-22(23)21(26-17)19(28)12-15-13-24-7-6-18(15)27-8-10-30-11-9-27/h2-7,13-14H,8-12H2,1H3,(H2,23,25). The molecule has 3 heterocycles. The van der Waals surface area contributed by atoms with E-state index >= 15 is 0 Å². The van der Waals surface area contributed by atoms with Gasteiger partial charge in [-0.05, 0) is 18.2 Å². The third kappa shape index (κ3) is 4.08. The zero-order chi connectivity index (χ0) is 20.9. The molecule has 1 aromatic carbocycles. The van der Waals surface area contributed by atoms with Crippen LogP contribution >= 0.6 is 0 Å². The first-order chi connectivity index (χ1) is 14.7. The van der Waals surface area contributed by atoms with Crippen LogP contribution in [0.4, 0.5) is 11.5 Å². The SMILES string of the molecule is COc1ccccc1-c1cnc(N)c(C(=O)Cc2cnccc2N2CCOCC2)n1. The number of nitrogen functional groups attached to an aromatic ring is 1. The van der Waals surface area contributed by atoms with Gasteiger partial charge >= 0.3 is 0 Å². The first-order valence-corrected chi connectivity index (χ1v) is 9.72. The fourth-order valence-electron chi connectivity index (χ4n) is 3.52. The maximum Gasteiger partial charge on any atom is 0.189 e. The van der Waals surface area contributed by atoms with Crippen LogP contribution in [0, 0.1) is 0 Å². The van der Waals surface area contributed by atoms with Crippen molar-refractivity contribution in [3.05, 3.63) is 60.2 Å². The van der Waals surface area contributed by atoms with Gasteiger partial charge in [-0.2, -0.15) is 0 Å². The van der Waals surface area contributed by atoms with E-state index in [-0.39, 0.29) is 23.7 Å². The number of nitrogens with two attached hydrogens (primary N) is 1. The molecule has 0 atom stereocenters. The molecule has 1 aliphatic rings. The van der Waals surface area contributed by atoms with Crippen LogP contribution in [0.5, 0.6) is 5.75 Å². The molecule has 0 radical (unpaired) electrons. The van der Waals surface area contributed by atoms with E-state index in [4.69, 9.17) is 15.2 Å². The third-order valence-electron chi connectivity index (χ3n) is 5.03. The molecule has 3 aromatic rings. The van der Waals surface area contributed by atoms with E-state index in [1.165, 1.54) is 0 Å². The first kappa shape index (κ1) is 19.8. The molecule has 2 N–H and O–H groups in total. The van der Waals surface area contributed by atoms with Gasteiger partial charge in [-0.25, -0.2) is 9.97 Å². The van der Waals surface area contributed by atoms with Crippen LogP contribution in [0.1, 0.15) is 16.1 Å². The predicted molar refractivity (Wildman–Crippen MR) is 114 cm³/mol. The number of anilines is 2. The first-order valence-electron chi connectivity index (χ1n) is 9.72. The minimum absolute atomic E-state index is 0.107. The summed E-state index contributed by atoms with van der Waals surface area (Å²) in [4.78, 5) is 28.2. The van der Waals surface area contributed by atoms with E-state index in [0.29, 0.717) is 24.7 Å². The zero-order valence-electron chi connectivity index (χ0n) is 16.7. The highest BCUT2D eigenvalue weighted by Gasteiger charge is 2.20. The summed E-state index contributed by atoms with van der Waals surface area (Å²) in [5.74, 6) is 0.548. The Morgan fingerprint density at radius 3 is 2.80 bits per heavy atom. The number of methoxy groups -OCH3 is 1. The molecule has 0 saturated carbocycles. The molecule has 4 rings (SSSR count). The topological polar surface area (TPSA) is 103 Å². The van der Waals surface area contributed by atoms with Crippen molar-refractivity contribution in [2.45, 2.75) is 6.42 Å². The highest BCUT2D eigenvalue weighted by Crippen LogP contribution is 2.29. The number of ketones is 1. The number of para-hydroxylation sites is 1. The van der Waals surface area contributed by atoms with Crippen LogP contribution in [0.15, 0.2) is 48.9 Å². The van der Waals surface area contributed by atoms with Gasteiger partial charge in [-0.3, -0.25) is 9.78 Å². The van der Waals surface area contributed by atoms with Crippen LogP contribution in [0.2, 0.25) is 0 Å². The summed E-state index contributed by atoms with van der Waals surface area (Å²) in [7, 11) is 1.59. The highest BCUT2D eigenvalue weighted by atomic mass is 16.5. The number of carbonyl (C=O) groups is 1. The molecule has 1 saturated heterocycles. The summed E-state index contributed by atoms with van der Waals surface area (Å²) in [5, 5.41) is 0. The minimum Gasteiger partial charge on any atom is -0.496 e. The summed E-state index contributed by atoms with van der Waals surface area (Å²) in [6.07, 6.45) is 5.13. The molecule has 0 aliphatic carbocycles. The van der Waals surface area contributed by atoms with Gasteiger partial charge in [0.05, 0.1) is 32.2 Å². The molecule has 0 bridgehead atoms. The van der Waals surface area contributed by atoms with Crippen molar-refractivity contribution in [3.8, 4) is 17.0 Å². The Balaban J connectivity index is 1.63. The van der Waals surface area contributed by atoms with Crippen LogP contribution < -0.4 is 15.4 Å². The Hall–Kier alpha value is -3.52. The Labute approximate surface area is 174 Å². The maximum atomic E-state index is 13.1. The van der Waals surface area contributed by atoms with E-state index in [0.717, 1.165) is 29.9 Å². The normalized spacial score (nSPS) is 13.8. The molecule has 0 unspecified atom stereocenters. The molecular formula is C22H23N5O3. The number of hydrogen-bond acceptors (Lipinski definition) is 8. The number of hydrogen-bond donors (Lipinski definition) is 1. The zero-order valence-corrected chi connectivity index (χ0v) is 16.7. The lowest BCUT2D eigenvalue weighted by Crippen LogP contribution is -2.37. The quantitative estimate of drug-likeness (QED) is 0.624.